The van der Waals surface area contributed by atoms with Crippen molar-refractivity contribution in [1.82, 2.24) is 15.1 Å². The lowest BCUT2D eigenvalue weighted by Gasteiger charge is -2.08. The Kier molecular flexibility index (Phi) is 4.70. The predicted octanol–water partition coefficient (Wildman–Crippen LogP) is 2.00. The topological polar surface area (TPSA) is 46.9 Å². The molecule has 0 saturated carbocycles. The summed E-state index contributed by atoms with van der Waals surface area (Å²) in [7, 11) is 0. The lowest BCUT2D eigenvalue weighted by atomic mass is 10.3. The van der Waals surface area contributed by atoms with E-state index in [0.29, 0.717) is 11.0 Å². The van der Waals surface area contributed by atoms with Crippen LogP contribution in [0.1, 0.15) is 17.4 Å². The summed E-state index contributed by atoms with van der Waals surface area (Å²) in [5.41, 5.74) is 0.280. The summed E-state index contributed by atoms with van der Waals surface area (Å²) in [6, 6.07) is 0. The molecule has 0 aliphatic carbocycles. The number of nitrogens with zero attached hydrogens (tertiary/aromatic N) is 2. The number of alkyl halides is 3. The summed E-state index contributed by atoms with van der Waals surface area (Å²) in [4.78, 5) is 11.7. The Labute approximate surface area is 104 Å². The van der Waals surface area contributed by atoms with Gasteiger partial charge < -0.3 is 5.32 Å². The fourth-order valence-corrected chi connectivity index (χ4v) is 1.80. The van der Waals surface area contributed by atoms with Crippen LogP contribution in [0, 0.1) is 0 Å². The molecule has 17 heavy (non-hydrogen) atoms. The molecular weight excluding hydrogens is 303 g/mol. The number of nitrogens with one attached hydrogen (secondary N) is 1. The van der Waals surface area contributed by atoms with Crippen LogP contribution in [-0.4, -0.2) is 34.8 Å². The zero-order valence-electron chi connectivity index (χ0n) is 9.01. The molecule has 0 aromatic carbocycles. The average Bonchev–Trinajstić information content (AvgIpc) is 2.57. The normalized spacial score (nSPS) is 11.8. The molecule has 0 saturated heterocycles. The number of aromatic nitrogens is 2. The Balaban J connectivity index is 2.61. The first kappa shape index (κ1) is 14.2. The molecule has 4 nitrogen and oxygen atoms in total. The number of hydrogen-bond donors (Lipinski definition) is 1. The minimum absolute atomic E-state index is 0.280. The zero-order valence-corrected chi connectivity index (χ0v) is 10.6. The lowest BCUT2D eigenvalue weighted by molar-refractivity contribution is -0.124. The molecule has 0 bridgehead atoms. The molecular formula is C9H11BrF3N3O. The highest BCUT2D eigenvalue weighted by Gasteiger charge is 2.27. The highest BCUT2D eigenvalue weighted by molar-refractivity contribution is 9.10. The van der Waals surface area contributed by atoms with Crippen molar-refractivity contribution in [3.05, 3.63) is 16.4 Å². The van der Waals surface area contributed by atoms with Crippen molar-refractivity contribution in [3.63, 3.8) is 0 Å². The van der Waals surface area contributed by atoms with Crippen LogP contribution >= 0.6 is 15.9 Å². The molecule has 0 aliphatic rings. The van der Waals surface area contributed by atoms with Crippen molar-refractivity contribution in [2.75, 3.05) is 13.1 Å². The van der Waals surface area contributed by atoms with Gasteiger partial charge >= 0.3 is 6.18 Å². The molecule has 0 spiro atoms. The Hall–Kier alpha value is -0.890. The third kappa shape index (κ3) is 4.12. The number of Topliss-reactive ketones (excluding diaryl/α,β-unsaturated/α-hetero) is 1. The maximum Gasteiger partial charge on any atom is 0.401 e. The molecule has 8 heteroatoms. The van der Waals surface area contributed by atoms with E-state index in [1.54, 1.807) is 6.92 Å². The van der Waals surface area contributed by atoms with Crippen molar-refractivity contribution >= 4 is 21.7 Å². The Morgan fingerprint density at radius 1 is 1.59 bits per heavy atom. The van der Waals surface area contributed by atoms with Gasteiger partial charge in [-0.25, -0.2) is 0 Å². The largest absolute Gasteiger partial charge is 0.401 e. The Morgan fingerprint density at radius 3 is 2.76 bits per heavy atom. The summed E-state index contributed by atoms with van der Waals surface area (Å²) in [6.45, 7) is 0.714. The fourth-order valence-electron chi connectivity index (χ4n) is 1.28. The van der Waals surface area contributed by atoms with Gasteiger partial charge in [0.15, 0.2) is 5.78 Å². The molecule has 0 atom stereocenters. The number of carbonyl (C=O) groups is 1. The minimum Gasteiger partial charge on any atom is -0.301 e. The van der Waals surface area contributed by atoms with E-state index in [0.717, 1.165) is 0 Å². The highest BCUT2D eigenvalue weighted by Crippen LogP contribution is 2.16. The molecule has 0 radical (unpaired) electrons. The summed E-state index contributed by atoms with van der Waals surface area (Å²) >= 11 is 3.14. The van der Waals surface area contributed by atoms with Gasteiger partial charge in [-0.05, 0) is 22.9 Å². The lowest BCUT2D eigenvalue weighted by Crippen LogP contribution is -2.33. The quantitative estimate of drug-likeness (QED) is 0.846. The van der Waals surface area contributed by atoms with Crippen molar-refractivity contribution < 1.29 is 18.0 Å². The van der Waals surface area contributed by atoms with E-state index >= 15 is 0 Å². The molecule has 0 unspecified atom stereocenters. The van der Waals surface area contributed by atoms with Crippen molar-refractivity contribution in [1.29, 1.82) is 0 Å². The van der Waals surface area contributed by atoms with E-state index in [4.69, 9.17) is 0 Å². The number of carbonyl (C=O) groups excluding carboxylic acids is 1. The van der Waals surface area contributed by atoms with Crippen molar-refractivity contribution in [2.24, 2.45) is 0 Å². The van der Waals surface area contributed by atoms with E-state index < -0.39 is 18.5 Å². The van der Waals surface area contributed by atoms with E-state index in [-0.39, 0.29) is 12.2 Å². The maximum absolute atomic E-state index is 11.9. The minimum atomic E-state index is -4.32. The summed E-state index contributed by atoms with van der Waals surface area (Å²) in [5, 5.41) is 5.97. The molecule has 1 rings (SSSR count). The Morgan fingerprint density at radius 2 is 2.24 bits per heavy atom. The first-order valence-electron chi connectivity index (χ1n) is 4.87. The third-order valence-corrected chi connectivity index (χ3v) is 2.55. The smallest absolute Gasteiger partial charge is 0.301 e. The molecule has 0 amide bonds. The van der Waals surface area contributed by atoms with Crippen molar-refractivity contribution in [3.8, 4) is 0 Å². The third-order valence-electron chi connectivity index (χ3n) is 1.97. The van der Waals surface area contributed by atoms with Gasteiger partial charge in [-0.3, -0.25) is 9.48 Å². The van der Waals surface area contributed by atoms with Gasteiger partial charge in [0.1, 0.15) is 5.69 Å². The number of halogens is 4. The Bertz CT molecular complexity index is 403. The molecule has 0 aliphatic heterocycles. The van der Waals surface area contributed by atoms with Crippen LogP contribution in [0.15, 0.2) is 10.7 Å². The second kappa shape index (κ2) is 5.63. The SMILES string of the molecule is CCn1ncc(Br)c1C(=O)CNCC(F)(F)F. The van der Waals surface area contributed by atoms with Gasteiger partial charge in [-0.1, -0.05) is 0 Å². The number of aryl methyl sites for hydroxylation is 1. The van der Waals surface area contributed by atoms with Gasteiger partial charge in [-0.15, -0.1) is 0 Å². The van der Waals surface area contributed by atoms with Crippen LogP contribution in [0.2, 0.25) is 0 Å². The van der Waals surface area contributed by atoms with Gasteiger partial charge in [0.25, 0.3) is 0 Å². The fraction of sp³-hybridized carbons (Fsp3) is 0.556. The maximum atomic E-state index is 11.9. The predicted molar refractivity (Wildman–Crippen MR) is 58.9 cm³/mol. The standard InChI is InChI=1S/C9H11BrF3N3O/c1-2-16-8(6(10)3-15-16)7(17)4-14-5-9(11,12)13/h3,14H,2,4-5H2,1H3. The first-order chi connectivity index (χ1) is 7.85. The van der Waals surface area contributed by atoms with Crippen LogP contribution < -0.4 is 5.32 Å². The van der Waals surface area contributed by atoms with E-state index in [1.807, 2.05) is 0 Å². The highest BCUT2D eigenvalue weighted by atomic mass is 79.9. The van der Waals surface area contributed by atoms with Gasteiger partial charge in [-0.2, -0.15) is 18.3 Å². The zero-order chi connectivity index (χ0) is 13.1. The van der Waals surface area contributed by atoms with Crippen LogP contribution in [0.4, 0.5) is 13.2 Å². The molecule has 1 heterocycles. The summed E-state index contributed by atoms with van der Waals surface area (Å²) in [6.07, 6.45) is -2.87. The number of hydrogen-bond acceptors (Lipinski definition) is 3. The number of rotatable bonds is 5. The van der Waals surface area contributed by atoms with Gasteiger partial charge in [0, 0.05) is 6.54 Å². The van der Waals surface area contributed by atoms with E-state index in [1.165, 1.54) is 10.9 Å². The summed E-state index contributed by atoms with van der Waals surface area (Å²) < 4.78 is 37.5. The molecule has 1 aromatic rings. The van der Waals surface area contributed by atoms with Crippen LogP contribution in [0.25, 0.3) is 0 Å². The first-order valence-corrected chi connectivity index (χ1v) is 5.66. The van der Waals surface area contributed by atoms with Gasteiger partial charge in [0.05, 0.1) is 23.8 Å². The second-order valence-electron chi connectivity index (χ2n) is 3.30. The van der Waals surface area contributed by atoms with Crippen LogP contribution in [-0.2, 0) is 6.54 Å². The van der Waals surface area contributed by atoms with E-state index in [9.17, 15) is 18.0 Å². The number of ketones is 1. The second-order valence-corrected chi connectivity index (χ2v) is 4.15. The molecule has 96 valence electrons. The van der Waals surface area contributed by atoms with Crippen LogP contribution in [0.5, 0.6) is 0 Å². The summed E-state index contributed by atoms with van der Waals surface area (Å²) in [5.74, 6) is -0.430. The molecule has 1 aromatic heterocycles. The molecule has 0 fully saturated rings. The van der Waals surface area contributed by atoms with Crippen molar-refractivity contribution in [2.45, 2.75) is 19.6 Å². The van der Waals surface area contributed by atoms with E-state index in [2.05, 4.69) is 26.3 Å². The average molecular weight is 314 g/mol. The monoisotopic (exact) mass is 313 g/mol. The van der Waals surface area contributed by atoms with Gasteiger partial charge in [0.2, 0.25) is 0 Å². The molecule has 1 N–H and O–H groups in total. The van der Waals surface area contributed by atoms with Crippen LogP contribution in [0.3, 0.4) is 0 Å².